The number of rotatable bonds is 6. The van der Waals surface area contributed by atoms with Crippen molar-refractivity contribution in [3.63, 3.8) is 0 Å². The molecule has 0 fully saturated rings. The molecule has 0 aliphatic heterocycles. The zero-order chi connectivity index (χ0) is 16.1. The van der Waals surface area contributed by atoms with Crippen LogP contribution >= 0.6 is 22.9 Å². The van der Waals surface area contributed by atoms with Crippen molar-refractivity contribution < 1.29 is 4.74 Å². The Morgan fingerprint density at radius 2 is 2.00 bits per heavy atom. The van der Waals surface area contributed by atoms with Crippen LogP contribution in [0.15, 0.2) is 54.7 Å². The number of nitrogens with zero attached hydrogens (tertiary/aromatic N) is 1. The summed E-state index contributed by atoms with van der Waals surface area (Å²) < 4.78 is 6.41. The minimum absolute atomic E-state index is 0.572. The zero-order valence-electron chi connectivity index (χ0n) is 12.8. The molecular formula is C18H17ClN2OS. The molecule has 0 saturated carbocycles. The number of ether oxygens (including phenoxy) is 1. The SMILES string of the molecule is Cc1cc(OCc2ccccc2)ccc1NCc1cnc(Cl)s1. The average Bonchev–Trinajstić information content (AvgIpc) is 2.98. The summed E-state index contributed by atoms with van der Waals surface area (Å²) in [5.41, 5.74) is 3.39. The summed E-state index contributed by atoms with van der Waals surface area (Å²) in [5, 5.41) is 3.40. The van der Waals surface area contributed by atoms with Crippen molar-refractivity contribution in [1.29, 1.82) is 0 Å². The first-order valence-electron chi connectivity index (χ1n) is 7.32. The van der Waals surface area contributed by atoms with Gasteiger partial charge in [-0.15, -0.1) is 11.3 Å². The van der Waals surface area contributed by atoms with Crippen LogP contribution in [0.5, 0.6) is 5.75 Å². The third-order valence-corrected chi connectivity index (χ3v) is 4.54. The van der Waals surface area contributed by atoms with Gasteiger partial charge in [0.15, 0.2) is 4.47 Å². The van der Waals surface area contributed by atoms with Gasteiger partial charge in [-0.2, -0.15) is 0 Å². The van der Waals surface area contributed by atoms with Gasteiger partial charge in [-0.3, -0.25) is 0 Å². The molecule has 0 saturated heterocycles. The van der Waals surface area contributed by atoms with E-state index in [0.29, 0.717) is 11.1 Å². The van der Waals surface area contributed by atoms with E-state index in [1.54, 1.807) is 6.20 Å². The maximum Gasteiger partial charge on any atom is 0.183 e. The van der Waals surface area contributed by atoms with E-state index >= 15 is 0 Å². The topological polar surface area (TPSA) is 34.1 Å². The number of hydrogen-bond donors (Lipinski definition) is 1. The van der Waals surface area contributed by atoms with E-state index in [1.165, 1.54) is 11.3 Å². The predicted molar refractivity (Wildman–Crippen MR) is 96.4 cm³/mol. The molecule has 23 heavy (non-hydrogen) atoms. The van der Waals surface area contributed by atoms with Gasteiger partial charge >= 0.3 is 0 Å². The Balaban J connectivity index is 1.59. The fraction of sp³-hybridized carbons (Fsp3) is 0.167. The van der Waals surface area contributed by atoms with Crippen LogP contribution in [0.1, 0.15) is 16.0 Å². The number of aromatic nitrogens is 1. The number of aryl methyl sites for hydroxylation is 1. The largest absolute Gasteiger partial charge is 0.489 e. The highest BCUT2D eigenvalue weighted by molar-refractivity contribution is 7.15. The van der Waals surface area contributed by atoms with Gasteiger partial charge in [0, 0.05) is 16.8 Å². The molecule has 1 aromatic heterocycles. The van der Waals surface area contributed by atoms with E-state index in [0.717, 1.165) is 34.0 Å². The second kappa shape index (κ2) is 7.49. The number of halogens is 1. The standard InChI is InChI=1S/C18H17ClN2OS/c1-13-9-15(22-12-14-5-3-2-4-6-14)7-8-17(13)20-10-16-11-21-18(19)23-16/h2-9,11,20H,10,12H2,1H3. The maximum atomic E-state index is 5.84. The summed E-state index contributed by atoms with van der Waals surface area (Å²) >= 11 is 7.33. The molecule has 1 heterocycles. The van der Waals surface area contributed by atoms with Crippen LogP contribution in [0.25, 0.3) is 0 Å². The number of nitrogens with one attached hydrogen (secondary N) is 1. The first-order valence-corrected chi connectivity index (χ1v) is 8.51. The van der Waals surface area contributed by atoms with E-state index in [2.05, 4.69) is 29.4 Å². The minimum atomic E-state index is 0.572. The molecule has 5 heteroatoms. The van der Waals surface area contributed by atoms with Crippen molar-refractivity contribution in [2.45, 2.75) is 20.1 Å². The van der Waals surface area contributed by atoms with E-state index < -0.39 is 0 Å². The predicted octanol–water partition coefficient (Wildman–Crippen LogP) is 5.30. The molecule has 0 spiro atoms. The molecule has 0 atom stereocenters. The summed E-state index contributed by atoms with van der Waals surface area (Å²) in [6.07, 6.45) is 1.80. The van der Waals surface area contributed by atoms with Crippen LogP contribution in [-0.4, -0.2) is 4.98 Å². The number of anilines is 1. The Bertz CT molecular complexity index is 774. The number of hydrogen-bond acceptors (Lipinski definition) is 4. The summed E-state index contributed by atoms with van der Waals surface area (Å²) in [5.74, 6) is 0.873. The molecule has 2 aromatic carbocycles. The molecule has 3 nitrogen and oxygen atoms in total. The highest BCUT2D eigenvalue weighted by Gasteiger charge is 2.04. The van der Waals surface area contributed by atoms with E-state index in [4.69, 9.17) is 16.3 Å². The molecular weight excluding hydrogens is 328 g/mol. The third kappa shape index (κ3) is 4.47. The smallest absolute Gasteiger partial charge is 0.183 e. The second-order valence-electron chi connectivity index (χ2n) is 5.18. The van der Waals surface area contributed by atoms with Crippen molar-refractivity contribution >= 4 is 28.6 Å². The molecule has 0 bridgehead atoms. The van der Waals surface area contributed by atoms with Crippen LogP contribution in [0.4, 0.5) is 5.69 Å². The number of benzene rings is 2. The summed E-state index contributed by atoms with van der Waals surface area (Å²) in [7, 11) is 0. The fourth-order valence-corrected chi connectivity index (χ4v) is 3.13. The maximum absolute atomic E-state index is 5.84. The Morgan fingerprint density at radius 1 is 1.17 bits per heavy atom. The molecule has 3 rings (SSSR count). The molecule has 0 radical (unpaired) electrons. The van der Waals surface area contributed by atoms with Gasteiger partial charge in [0.05, 0.1) is 6.54 Å². The molecule has 0 unspecified atom stereocenters. The van der Waals surface area contributed by atoms with Crippen LogP contribution in [-0.2, 0) is 13.2 Å². The summed E-state index contributed by atoms with van der Waals surface area (Å²) in [6, 6.07) is 16.2. The normalized spacial score (nSPS) is 10.5. The van der Waals surface area contributed by atoms with Crippen LogP contribution in [0, 0.1) is 6.92 Å². The molecule has 0 amide bonds. The lowest BCUT2D eigenvalue weighted by Gasteiger charge is -2.11. The molecule has 0 aliphatic rings. The average molecular weight is 345 g/mol. The Hall–Kier alpha value is -2.04. The zero-order valence-corrected chi connectivity index (χ0v) is 14.3. The van der Waals surface area contributed by atoms with Crippen LogP contribution in [0.3, 0.4) is 0 Å². The van der Waals surface area contributed by atoms with Crippen molar-refractivity contribution in [2.24, 2.45) is 0 Å². The van der Waals surface area contributed by atoms with E-state index in [9.17, 15) is 0 Å². The van der Waals surface area contributed by atoms with Gasteiger partial charge in [-0.25, -0.2) is 4.98 Å². The monoisotopic (exact) mass is 344 g/mol. The Kier molecular flexibility index (Phi) is 5.16. The summed E-state index contributed by atoms with van der Waals surface area (Å²) in [6.45, 7) is 3.36. The lowest BCUT2D eigenvalue weighted by molar-refractivity contribution is 0.306. The minimum Gasteiger partial charge on any atom is -0.489 e. The lowest BCUT2D eigenvalue weighted by Crippen LogP contribution is -2.00. The quantitative estimate of drug-likeness (QED) is 0.659. The van der Waals surface area contributed by atoms with Gasteiger partial charge in [0.2, 0.25) is 0 Å². The van der Waals surface area contributed by atoms with Crippen LogP contribution in [0.2, 0.25) is 4.47 Å². The summed E-state index contributed by atoms with van der Waals surface area (Å²) in [4.78, 5) is 5.15. The first kappa shape index (κ1) is 15.8. The van der Waals surface area contributed by atoms with Crippen molar-refractivity contribution in [3.05, 3.63) is 75.2 Å². The molecule has 118 valence electrons. The second-order valence-corrected chi connectivity index (χ2v) is 6.88. The Labute approximate surface area is 144 Å². The van der Waals surface area contributed by atoms with Gasteiger partial charge < -0.3 is 10.1 Å². The van der Waals surface area contributed by atoms with E-state index in [1.807, 2.05) is 36.4 Å². The Morgan fingerprint density at radius 3 is 2.70 bits per heavy atom. The molecule has 0 aliphatic carbocycles. The molecule has 3 aromatic rings. The van der Waals surface area contributed by atoms with Crippen molar-refractivity contribution in [1.82, 2.24) is 4.98 Å². The lowest BCUT2D eigenvalue weighted by atomic mass is 10.2. The van der Waals surface area contributed by atoms with Gasteiger partial charge in [0.25, 0.3) is 0 Å². The van der Waals surface area contributed by atoms with Gasteiger partial charge in [-0.05, 0) is 36.2 Å². The highest BCUT2D eigenvalue weighted by atomic mass is 35.5. The van der Waals surface area contributed by atoms with Crippen molar-refractivity contribution in [3.8, 4) is 5.75 Å². The fourth-order valence-electron chi connectivity index (χ4n) is 2.21. The van der Waals surface area contributed by atoms with Gasteiger partial charge in [0.1, 0.15) is 12.4 Å². The van der Waals surface area contributed by atoms with E-state index in [-0.39, 0.29) is 0 Å². The van der Waals surface area contributed by atoms with Crippen LogP contribution < -0.4 is 10.1 Å². The van der Waals surface area contributed by atoms with Gasteiger partial charge in [-0.1, -0.05) is 41.9 Å². The molecule has 1 N–H and O–H groups in total. The first-order chi connectivity index (χ1) is 11.2. The number of thiazole rings is 1. The highest BCUT2D eigenvalue weighted by Crippen LogP contribution is 2.24. The van der Waals surface area contributed by atoms with Crippen molar-refractivity contribution in [2.75, 3.05) is 5.32 Å². The third-order valence-electron chi connectivity index (χ3n) is 3.42.